The maximum Gasteiger partial charge on any atom is 0.0701 e. The Bertz CT molecular complexity index is 292. The maximum atomic E-state index is 5.68. The molecule has 0 rings (SSSR count). The van der Waals surface area contributed by atoms with Crippen molar-refractivity contribution in [3.8, 4) is 0 Å². The van der Waals surface area contributed by atoms with Crippen LogP contribution in [0, 0.1) is 0 Å². The third-order valence-electron chi connectivity index (χ3n) is 6.53. The van der Waals surface area contributed by atoms with Gasteiger partial charge in [-0.1, -0.05) is 142 Å². The first-order valence-corrected chi connectivity index (χ1v) is 15.1. The molecule has 0 aliphatic carbocycles. The molecule has 3 nitrogen and oxygen atoms in total. The molecule has 0 aromatic carbocycles. The fraction of sp³-hybridized carbons (Fsp3) is 1.00. The smallest absolute Gasteiger partial charge is 0.0701 e. The first-order chi connectivity index (χ1) is 16.4. The molecular formula is C30H62O3. The fourth-order valence-electron chi connectivity index (χ4n) is 4.28. The van der Waals surface area contributed by atoms with E-state index in [-0.39, 0.29) is 0 Å². The first-order valence-electron chi connectivity index (χ1n) is 15.1. The molecule has 0 aliphatic heterocycles. The predicted molar refractivity (Wildman–Crippen MR) is 145 cm³/mol. The lowest BCUT2D eigenvalue weighted by atomic mass is 10.0. The Morgan fingerprint density at radius 3 is 0.727 bits per heavy atom. The summed E-state index contributed by atoms with van der Waals surface area (Å²) in [6, 6.07) is 0. The summed E-state index contributed by atoms with van der Waals surface area (Å²) in [7, 11) is 0. The zero-order valence-corrected chi connectivity index (χ0v) is 23.0. The molecule has 0 atom stereocenters. The van der Waals surface area contributed by atoms with Gasteiger partial charge in [-0.05, 0) is 12.8 Å². The molecule has 0 N–H and O–H groups in total. The molecule has 0 unspecified atom stereocenters. The van der Waals surface area contributed by atoms with Crippen molar-refractivity contribution < 1.29 is 14.2 Å². The van der Waals surface area contributed by atoms with E-state index in [4.69, 9.17) is 14.2 Å². The SMILES string of the molecule is CCCCCCCCCCCCCCCCCCOCCOCCOCCCCCCCC. The van der Waals surface area contributed by atoms with E-state index < -0.39 is 0 Å². The zero-order chi connectivity index (χ0) is 23.9. The van der Waals surface area contributed by atoms with Crippen molar-refractivity contribution in [1.82, 2.24) is 0 Å². The zero-order valence-electron chi connectivity index (χ0n) is 23.0. The van der Waals surface area contributed by atoms with Crippen LogP contribution < -0.4 is 0 Å². The highest BCUT2D eigenvalue weighted by Crippen LogP contribution is 2.13. The van der Waals surface area contributed by atoms with Gasteiger partial charge in [0.1, 0.15) is 0 Å². The Morgan fingerprint density at radius 1 is 0.242 bits per heavy atom. The fourth-order valence-corrected chi connectivity index (χ4v) is 4.28. The molecular weight excluding hydrogens is 408 g/mol. The van der Waals surface area contributed by atoms with Crippen molar-refractivity contribution in [2.45, 2.75) is 155 Å². The van der Waals surface area contributed by atoms with Crippen molar-refractivity contribution in [2.75, 3.05) is 39.6 Å². The molecule has 33 heavy (non-hydrogen) atoms. The number of hydrogen-bond acceptors (Lipinski definition) is 3. The van der Waals surface area contributed by atoms with E-state index in [9.17, 15) is 0 Å². The third-order valence-corrected chi connectivity index (χ3v) is 6.53. The number of ether oxygens (including phenoxy) is 3. The van der Waals surface area contributed by atoms with Gasteiger partial charge < -0.3 is 14.2 Å². The molecule has 0 heterocycles. The van der Waals surface area contributed by atoms with Crippen LogP contribution in [0.4, 0.5) is 0 Å². The highest BCUT2D eigenvalue weighted by Gasteiger charge is 1.96. The van der Waals surface area contributed by atoms with Gasteiger partial charge in [0.2, 0.25) is 0 Å². The van der Waals surface area contributed by atoms with Crippen LogP contribution in [0.5, 0.6) is 0 Å². The van der Waals surface area contributed by atoms with Crippen molar-refractivity contribution >= 4 is 0 Å². The Kier molecular flexibility index (Phi) is 31.8. The van der Waals surface area contributed by atoms with Gasteiger partial charge in [0, 0.05) is 13.2 Å². The summed E-state index contributed by atoms with van der Waals surface area (Å²) >= 11 is 0. The van der Waals surface area contributed by atoms with Crippen LogP contribution in [-0.4, -0.2) is 39.6 Å². The lowest BCUT2D eigenvalue weighted by Gasteiger charge is -2.07. The Balaban J connectivity index is 2.99. The van der Waals surface area contributed by atoms with E-state index in [1.807, 2.05) is 0 Å². The molecule has 0 spiro atoms. The maximum absolute atomic E-state index is 5.68. The second-order valence-electron chi connectivity index (χ2n) is 9.91. The predicted octanol–water partition coefficient (Wildman–Crippen LogP) is 9.66. The van der Waals surface area contributed by atoms with Gasteiger partial charge in [-0.15, -0.1) is 0 Å². The van der Waals surface area contributed by atoms with Crippen molar-refractivity contribution in [1.29, 1.82) is 0 Å². The Labute approximate surface area is 209 Å². The minimum absolute atomic E-state index is 0.693. The topological polar surface area (TPSA) is 27.7 Å². The summed E-state index contributed by atoms with van der Waals surface area (Å²) < 4.78 is 16.9. The van der Waals surface area contributed by atoms with Crippen LogP contribution in [0.3, 0.4) is 0 Å². The van der Waals surface area contributed by atoms with Gasteiger partial charge in [0.05, 0.1) is 26.4 Å². The van der Waals surface area contributed by atoms with Crippen LogP contribution in [0.25, 0.3) is 0 Å². The standard InChI is InChI=1S/C30H62O3/c1-3-5-7-9-11-12-13-14-15-16-17-18-19-20-22-24-26-32-28-30-33-29-27-31-25-23-21-10-8-6-4-2/h3-30H2,1-2H3. The summed E-state index contributed by atoms with van der Waals surface area (Å²) in [5.74, 6) is 0. The van der Waals surface area contributed by atoms with E-state index in [1.54, 1.807) is 0 Å². The van der Waals surface area contributed by atoms with E-state index in [1.165, 1.54) is 141 Å². The van der Waals surface area contributed by atoms with Crippen molar-refractivity contribution in [3.05, 3.63) is 0 Å². The minimum atomic E-state index is 0.693. The number of hydrogen-bond donors (Lipinski definition) is 0. The number of unbranched alkanes of at least 4 members (excludes halogenated alkanes) is 20. The van der Waals surface area contributed by atoms with E-state index >= 15 is 0 Å². The van der Waals surface area contributed by atoms with Crippen LogP contribution >= 0.6 is 0 Å². The van der Waals surface area contributed by atoms with Crippen molar-refractivity contribution in [2.24, 2.45) is 0 Å². The van der Waals surface area contributed by atoms with E-state index in [0.717, 1.165) is 19.8 Å². The average molecular weight is 471 g/mol. The first kappa shape index (κ1) is 32.9. The van der Waals surface area contributed by atoms with Crippen LogP contribution in [-0.2, 0) is 14.2 Å². The average Bonchev–Trinajstić information content (AvgIpc) is 2.83. The van der Waals surface area contributed by atoms with Crippen LogP contribution in [0.15, 0.2) is 0 Å². The summed E-state index contributed by atoms with van der Waals surface area (Å²) in [6.07, 6.45) is 30.5. The summed E-state index contributed by atoms with van der Waals surface area (Å²) in [4.78, 5) is 0. The van der Waals surface area contributed by atoms with Crippen molar-refractivity contribution in [3.63, 3.8) is 0 Å². The molecule has 0 amide bonds. The Hall–Kier alpha value is -0.120. The molecule has 0 fully saturated rings. The van der Waals surface area contributed by atoms with Crippen LogP contribution in [0.2, 0.25) is 0 Å². The third kappa shape index (κ3) is 31.9. The molecule has 0 saturated carbocycles. The lowest BCUT2D eigenvalue weighted by molar-refractivity contribution is 0.0132. The Morgan fingerprint density at radius 2 is 0.455 bits per heavy atom. The van der Waals surface area contributed by atoms with Gasteiger partial charge in [-0.3, -0.25) is 0 Å². The normalized spacial score (nSPS) is 11.5. The number of rotatable bonds is 30. The largest absolute Gasteiger partial charge is 0.379 e. The second kappa shape index (κ2) is 31.9. The molecule has 0 aliphatic rings. The van der Waals surface area contributed by atoms with Gasteiger partial charge in [0.15, 0.2) is 0 Å². The monoisotopic (exact) mass is 470 g/mol. The van der Waals surface area contributed by atoms with E-state index in [0.29, 0.717) is 19.8 Å². The summed E-state index contributed by atoms with van der Waals surface area (Å²) in [5, 5.41) is 0. The van der Waals surface area contributed by atoms with Gasteiger partial charge in [0.25, 0.3) is 0 Å². The summed E-state index contributed by atoms with van der Waals surface area (Å²) in [5.41, 5.74) is 0. The molecule has 0 saturated heterocycles. The summed E-state index contributed by atoms with van der Waals surface area (Å²) in [6.45, 7) is 9.14. The quantitative estimate of drug-likeness (QED) is 0.0978. The highest BCUT2D eigenvalue weighted by molar-refractivity contribution is 4.50. The van der Waals surface area contributed by atoms with E-state index in [2.05, 4.69) is 13.8 Å². The van der Waals surface area contributed by atoms with Crippen LogP contribution in [0.1, 0.15) is 155 Å². The van der Waals surface area contributed by atoms with Gasteiger partial charge in [-0.2, -0.15) is 0 Å². The second-order valence-corrected chi connectivity index (χ2v) is 9.91. The molecule has 3 heteroatoms. The van der Waals surface area contributed by atoms with Gasteiger partial charge >= 0.3 is 0 Å². The highest BCUT2D eigenvalue weighted by atomic mass is 16.5. The molecule has 200 valence electrons. The lowest BCUT2D eigenvalue weighted by Crippen LogP contribution is -2.10. The molecule has 0 bridgehead atoms. The molecule has 0 aromatic heterocycles. The molecule has 0 radical (unpaired) electrons. The van der Waals surface area contributed by atoms with Gasteiger partial charge in [-0.25, -0.2) is 0 Å². The minimum Gasteiger partial charge on any atom is -0.379 e. The molecule has 0 aromatic rings.